The lowest BCUT2D eigenvalue weighted by atomic mass is 10.3. The van der Waals surface area contributed by atoms with Gasteiger partial charge in [-0.05, 0) is 18.7 Å². The lowest BCUT2D eigenvalue weighted by molar-refractivity contribution is 0.268. The summed E-state index contributed by atoms with van der Waals surface area (Å²) in [5, 5.41) is 9.68. The highest BCUT2D eigenvalue weighted by atomic mass is 35.5. The Morgan fingerprint density at radius 1 is 1.29 bits per heavy atom. The highest BCUT2D eigenvalue weighted by molar-refractivity contribution is 6.31. The van der Waals surface area contributed by atoms with Crippen LogP contribution in [0.25, 0.3) is 0 Å². The molecule has 4 nitrogen and oxygen atoms in total. The number of pyridine rings is 1. The molecule has 1 N–H and O–H groups in total. The number of hydrogen-bond donors (Lipinski definition) is 1. The third-order valence-electron chi connectivity index (χ3n) is 3.20. The molecule has 0 aromatic carbocycles. The molecule has 2 rings (SSSR count). The number of hydrogen-bond acceptors (Lipinski definition) is 4. The van der Waals surface area contributed by atoms with Gasteiger partial charge in [0.25, 0.3) is 0 Å². The lowest BCUT2D eigenvalue weighted by Gasteiger charge is -2.34. The van der Waals surface area contributed by atoms with Crippen molar-refractivity contribution in [2.24, 2.45) is 0 Å². The molecule has 1 aromatic heterocycles. The van der Waals surface area contributed by atoms with E-state index in [9.17, 15) is 0 Å². The lowest BCUT2D eigenvalue weighted by Crippen LogP contribution is -2.46. The fraction of sp³-hybridized carbons (Fsp3) is 0.583. The fourth-order valence-electron chi connectivity index (χ4n) is 2.05. The summed E-state index contributed by atoms with van der Waals surface area (Å²) in [6.45, 7) is 7.26. The number of piperazine rings is 1. The van der Waals surface area contributed by atoms with Crippen LogP contribution in [0, 0.1) is 0 Å². The Labute approximate surface area is 107 Å². The van der Waals surface area contributed by atoms with E-state index in [4.69, 9.17) is 16.7 Å². The normalized spacial score (nSPS) is 17.5. The Morgan fingerprint density at radius 2 is 2.00 bits per heavy atom. The van der Waals surface area contributed by atoms with E-state index in [1.807, 2.05) is 12.1 Å². The van der Waals surface area contributed by atoms with Crippen molar-refractivity contribution in [1.29, 1.82) is 0 Å². The molecule has 94 valence electrons. The molecule has 1 fully saturated rings. The predicted molar refractivity (Wildman–Crippen MR) is 69.5 cm³/mol. The van der Waals surface area contributed by atoms with E-state index in [1.54, 1.807) is 0 Å². The Balaban J connectivity index is 2.08. The fourth-order valence-corrected chi connectivity index (χ4v) is 2.22. The van der Waals surface area contributed by atoms with Crippen molar-refractivity contribution < 1.29 is 5.11 Å². The molecular weight excluding hydrogens is 238 g/mol. The second kappa shape index (κ2) is 5.67. The highest BCUT2D eigenvalue weighted by Crippen LogP contribution is 2.20. The summed E-state index contributed by atoms with van der Waals surface area (Å²) in [5.74, 6) is 0.911. The van der Waals surface area contributed by atoms with Crippen molar-refractivity contribution >= 4 is 17.4 Å². The van der Waals surface area contributed by atoms with Crippen LogP contribution in [0.5, 0.6) is 0 Å². The largest absolute Gasteiger partial charge is 0.390 e. The number of rotatable bonds is 3. The summed E-state index contributed by atoms with van der Waals surface area (Å²) >= 11 is 5.93. The number of anilines is 1. The highest BCUT2D eigenvalue weighted by Gasteiger charge is 2.17. The average Bonchev–Trinajstić information content (AvgIpc) is 2.39. The summed E-state index contributed by atoms with van der Waals surface area (Å²) in [6.07, 6.45) is 0. The van der Waals surface area contributed by atoms with Crippen LogP contribution in [0.4, 0.5) is 5.82 Å². The minimum atomic E-state index is -0.110. The zero-order chi connectivity index (χ0) is 12.3. The minimum absolute atomic E-state index is 0.110. The SMILES string of the molecule is CCN1CCN(c2ccc(Cl)c(CO)n2)CC1. The van der Waals surface area contributed by atoms with Crippen molar-refractivity contribution in [3.8, 4) is 0 Å². The maximum atomic E-state index is 9.15. The van der Waals surface area contributed by atoms with Gasteiger partial charge in [-0.1, -0.05) is 18.5 Å². The molecule has 0 aliphatic carbocycles. The van der Waals surface area contributed by atoms with Crippen molar-refractivity contribution in [2.45, 2.75) is 13.5 Å². The van der Waals surface area contributed by atoms with Crippen LogP contribution in [0.3, 0.4) is 0 Å². The first-order chi connectivity index (χ1) is 8.24. The quantitative estimate of drug-likeness (QED) is 0.886. The molecule has 0 bridgehead atoms. The predicted octanol–water partition coefficient (Wildman–Crippen LogP) is 1.37. The molecule has 2 heterocycles. The van der Waals surface area contributed by atoms with E-state index in [0.29, 0.717) is 10.7 Å². The number of aliphatic hydroxyl groups excluding tert-OH is 1. The third-order valence-corrected chi connectivity index (χ3v) is 3.54. The van der Waals surface area contributed by atoms with Crippen LogP contribution in [0.1, 0.15) is 12.6 Å². The molecule has 0 radical (unpaired) electrons. The third kappa shape index (κ3) is 2.89. The molecule has 1 saturated heterocycles. The zero-order valence-electron chi connectivity index (χ0n) is 10.1. The number of nitrogens with zero attached hydrogens (tertiary/aromatic N) is 3. The van der Waals surface area contributed by atoms with Gasteiger partial charge in [-0.25, -0.2) is 4.98 Å². The molecule has 1 aliphatic rings. The number of halogens is 1. The summed E-state index contributed by atoms with van der Waals surface area (Å²) in [6, 6.07) is 3.73. The van der Waals surface area contributed by atoms with Crippen molar-refractivity contribution in [1.82, 2.24) is 9.88 Å². The van der Waals surface area contributed by atoms with E-state index >= 15 is 0 Å². The topological polar surface area (TPSA) is 39.6 Å². The van der Waals surface area contributed by atoms with E-state index in [0.717, 1.165) is 38.5 Å². The second-order valence-corrected chi connectivity index (χ2v) is 4.58. The molecule has 0 amide bonds. The van der Waals surface area contributed by atoms with Crippen molar-refractivity contribution in [2.75, 3.05) is 37.6 Å². The molecular formula is C12H18ClN3O. The Morgan fingerprint density at radius 3 is 2.59 bits per heavy atom. The maximum absolute atomic E-state index is 9.15. The standard InChI is InChI=1S/C12H18ClN3O/c1-2-15-5-7-16(8-6-15)12-4-3-10(13)11(9-17)14-12/h3-4,17H,2,5-9H2,1H3. The smallest absolute Gasteiger partial charge is 0.129 e. The van der Waals surface area contributed by atoms with Gasteiger partial charge in [-0.2, -0.15) is 0 Å². The first kappa shape index (κ1) is 12.6. The van der Waals surface area contributed by atoms with Gasteiger partial charge in [-0.15, -0.1) is 0 Å². The summed E-state index contributed by atoms with van der Waals surface area (Å²) in [4.78, 5) is 9.04. The van der Waals surface area contributed by atoms with Crippen LogP contribution in [0.15, 0.2) is 12.1 Å². The van der Waals surface area contributed by atoms with Gasteiger partial charge >= 0.3 is 0 Å². The van der Waals surface area contributed by atoms with Gasteiger partial charge in [-0.3, -0.25) is 0 Å². The summed E-state index contributed by atoms with van der Waals surface area (Å²) in [5.41, 5.74) is 0.557. The first-order valence-electron chi connectivity index (χ1n) is 5.98. The molecule has 0 saturated carbocycles. The van der Waals surface area contributed by atoms with Crippen LogP contribution >= 0.6 is 11.6 Å². The molecule has 17 heavy (non-hydrogen) atoms. The van der Waals surface area contributed by atoms with Crippen LogP contribution in [-0.4, -0.2) is 47.7 Å². The number of aliphatic hydroxyl groups is 1. The Bertz CT molecular complexity index is 378. The number of aromatic nitrogens is 1. The van der Waals surface area contributed by atoms with Gasteiger partial charge < -0.3 is 14.9 Å². The van der Waals surface area contributed by atoms with E-state index in [2.05, 4.69) is 21.7 Å². The van der Waals surface area contributed by atoms with E-state index in [-0.39, 0.29) is 6.61 Å². The number of likely N-dealkylation sites (N-methyl/N-ethyl adjacent to an activating group) is 1. The summed E-state index contributed by atoms with van der Waals surface area (Å²) < 4.78 is 0. The molecule has 1 aromatic rings. The van der Waals surface area contributed by atoms with Gasteiger partial charge in [0.1, 0.15) is 5.82 Å². The van der Waals surface area contributed by atoms with Crippen LogP contribution < -0.4 is 4.90 Å². The van der Waals surface area contributed by atoms with Gasteiger partial charge in [0, 0.05) is 26.2 Å². The zero-order valence-corrected chi connectivity index (χ0v) is 10.8. The van der Waals surface area contributed by atoms with Crippen LogP contribution in [0.2, 0.25) is 5.02 Å². The second-order valence-electron chi connectivity index (χ2n) is 4.18. The van der Waals surface area contributed by atoms with Crippen LogP contribution in [-0.2, 0) is 6.61 Å². The Kier molecular flexibility index (Phi) is 4.20. The molecule has 5 heteroatoms. The molecule has 0 atom stereocenters. The monoisotopic (exact) mass is 255 g/mol. The Hall–Kier alpha value is -0.840. The minimum Gasteiger partial charge on any atom is -0.390 e. The van der Waals surface area contributed by atoms with Gasteiger partial charge in [0.2, 0.25) is 0 Å². The van der Waals surface area contributed by atoms with E-state index < -0.39 is 0 Å². The van der Waals surface area contributed by atoms with Crippen molar-refractivity contribution in [3.05, 3.63) is 22.8 Å². The van der Waals surface area contributed by atoms with Gasteiger partial charge in [0.05, 0.1) is 17.3 Å². The molecule has 0 unspecified atom stereocenters. The van der Waals surface area contributed by atoms with E-state index in [1.165, 1.54) is 0 Å². The maximum Gasteiger partial charge on any atom is 0.129 e. The van der Waals surface area contributed by atoms with Crippen molar-refractivity contribution in [3.63, 3.8) is 0 Å². The molecule has 0 spiro atoms. The first-order valence-corrected chi connectivity index (χ1v) is 6.36. The van der Waals surface area contributed by atoms with Gasteiger partial charge in [0.15, 0.2) is 0 Å². The average molecular weight is 256 g/mol. The summed E-state index contributed by atoms with van der Waals surface area (Å²) in [7, 11) is 0. The molecule has 1 aliphatic heterocycles.